The van der Waals surface area contributed by atoms with Crippen LogP contribution in [0, 0.1) is 0 Å². The van der Waals surface area contributed by atoms with E-state index in [0.29, 0.717) is 25.1 Å². The number of aryl methyl sites for hydroxylation is 1. The summed E-state index contributed by atoms with van der Waals surface area (Å²) >= 11 is 0. The van der Waals surface area contributed by atoms with Gasteiger partial charge in [-0.3, -0.25) is 4.79 Å². The lowest BCUT2D eigenvalue weighted by Gasteiger charge is -2.36. The minimum Gasteiger partial charge on any atom is -0.495 e. The first-order valence-corrected chi connectivity index (χ1v) is 10.9. The standard InChI is InChI=1S/C24H31N5O2/c1-6-18-17(16-25-22-15-21(24(2,3)4)26-29(18)22)23(30)28-13-11-27(12-14-28)19-9-7-8-10-20(19)31-5/h7-10,15-16H,6,11-14H2,1-5H3. The van der Waals surface area contributed by atoms with Crippen molar-refractivity contribution in [2.24, 2.45) is 0 Å². The summed E-state index contributed by atoms with van der Waals surface area (Å²) in [6.07, 6.45) is 2.43. The van der Waals surface area contributed by atoms with Gasteiger partial charge in [0, 0.05) is 43.9 Å². The number of fused-ring (bicyclic) bond motifs is 1. The van der Waals surface area contributed by atoms with Gasteiger partial charge in [-0.2, -0.15) is 5.10 Å². The van der Waals surface area contributed by atoms with Crippen molar-refractivity contribution < 1.29 is 9.53 Å². The van der Waals surface area contributed by atoms with Gasteiger partial charge >= 0.3 is 0 Å². The van der Waals surface area contributed by atoms with Crippen LogP contribution in [0.1, 0.15) is 49.4 Å². The van der Waals surface area contributed by atoms with E-state index in [9.17, 15) is 4.79 Å². The minimum absolute atomic E-state index is 0.0266. The molecule has 0 bridgehead atoms. The van der Waals surface area contributed by atoms with Crippen LogP contribution >= 0.6 is 0 Å². The Balaban J connectivity index is 1.56. The van der Waals surface area contributed by atoms with Gasteiger partial charge in [0.15, 0.2) is 5.65 Å². The van der Waals surface area contributed by atoms with E-state index >= 15 is 0 Å². The Bertz CT molecular complexity index is 1090. The van der Waals surface area contributed by atoms with E-state index in [-0.39, 0.29) is 11.3 Å². The van der Waals surface area contributed by atoms with Crippen molar-refractivity contribution in [2.45, 2.75) is 39.5 Å². The molecule has 1 aliphatic heterocycles. The molecule has 1 aromatic carbocycles. The van der Waals surface area contributed by atoms with Crippen molar-refractivity contribution in [2.75, 3.05) is 38.2 Å². The number of carbonyl (C=O) groups is 1. The number of hydrogen-bond donors (Lipinski definition) is 0. The topological polar surface area (TPSA) is 63.0 Å². The highest BCUT2D eigenvalue weighted by molar-refractivity contribution is 5.95. The highest BCUT2D eigenvalue weighted by atomic mass is 16.5. The van der Waals surface area contributed by atoms with E-state index in [1.807, 2.05) is 33.7 Å². The number of ether oxygens (including phenoxy) is 1. The maximum atomic E-state index is 13.4. The summed E-state index contributed by atoms with van der Waals surface area (Å²) in [4.78, 5) is 22.1. The lowest BCUT2D eigenvalue weighted by atomic mass is 9.93. The number of benzene rings is 1. The third-order valence-corrected chi connectivity index (χ3v) is 5.91. The lowest BCUT2D eigenvalue weighted by Crippen LogP contribution is -2.49. The Morgan fingerprint density at radius 3 is 2.48 bits per heavy atom. The molecule has 1 aliphatic rings. The minimum atomic E-state index is -0.0717. The highest BCUT2D eigenvalue weighted by Crippen LogP contribution is 2.29. The largest absolute Gasteiger partial charge is 0.495 e. The van der Waals surface area contributed by atoms with Crippen LogP contribution in [-0.4, -0.2) is 58.7 Å². The second-order valence-corrected chi connectivity index (χ2v) is 8.97. The lowest BCUT2D eigenvalue weighted by molar-refractivity contribution is 0.0744. The quantitative estimate of drug-likeness (QED) is 0.645. The molecule has 31 heavy (non-hydrogen) atoms. The molecule has 0 aliphatic carbocycles. The molecule has 0 N–H and O–H groups in total. The van der Waals surface area contributed by atoms with E-state index in [1.165, 1.54) is 0 Å². The van der Waals surface area contributed by atoms with Crippen LogP contribution in [0.25, 0.3) is 5.65 Å². The van der Waals surface area contributed by atoms with E-state index < -0.39 is 0 Å². The molecule has 7 heteroatoms. The number of para-hydroxylation sites is 2. The maximum Gasteiger partial charge on any atom is 0.257 e. The van der Waals surface area contributed by atoms with Crippen LogP contribution < -0.4 is 9.64 Å². The molecule has 0 radical (unpaired) electrons. The van der Waals surface area contributed by atoms with Gasteiger partial charge in [-0.05, 0) is 18.6 Å². The number of aromatic nitrogens is 3. The summed E-state index contributed by atoms with van der Waals surface area (Å²) in [5, 5.41) is 4.78. The summed E-state index contributed by atoms with van der Waals surface area (Å²) in [5.41, 5.74) is 4.32. The average Bonchev–Trinajstić information content (AvgIpc) is 3.23. The number of anilines is 1. The highest BCUT2D eigenvalue weighted by Gasteiger charge is 2.27. The molecule has 1 saturated heterocycles. The smallest absolute Gasteiger partial charge is 0.257 e. The summed E-state index contributed by atoms with van der Waals surface area (Å²) in [6, 6.07) is 10.0. The van der Waals surface area contributed by atoms with Crippen LogP contribution in [0.4, 0.5) is 5.69 Å². The number of rotatable bonds is 4. The number of hydrogen-bond acceptors (Lipinski definition) is 5. The van der Waals surface area contributed by atoms with E-state index in [1.54, 1.807) is 13.3 Å². The maximum absolute atomic E-state index is 13.4. The molecule has 7 nitrogen and oxygen atoms in total. The van der Waals surface area contributed by atoms with E-state index in [2.05, 4.69) is 43.6 Å². The molecule has 0 unspecified atom stereocenters. The van der Waals surface area contributed by atoms with Gasteiger partial charge in [0.2, 0.25) is 0 Å². The molecular formula is C24H31N5O2. The Kier molecular flexibility index (Phi) is 5.60. The Morgan fingerprint density at radius 1 is 1.13 bits per heavy atom. The molecule has 3 heterocycles. The molecular weight excluding hydrogens is 390 g/mol. The average molecular weight is 422 g/mol. The first-order chi connectivity index (χ1) is 14.8. The SMILES string of the molecule is CCc1c(C(=O)N2CCN(c3ccccc3OC)CC2)cnc2cc(C(C)(C)C)nn12. The molecule has 4 rings (SSSR count). The van der Waals surface area contributed by atoms with Crippen molar-refractivity contribution in [1.82, 2.24) is 19.5 Å². The van der Waals surface area contributed by atoms with Gasteiger partial charge in [0.05, 0.1) is 29.7 Å². The molecule has 0 saturated carbocycles. The van der Waals surface area contributed by atoms with Crippen molar-refractivity contribution in [3.05, 3.63) is 53.5 Å². The first-order valence-electron chi connectivity index (χ1n) is 10.9. The Hall–Kier alpha value is -3.09. The number of amides is 1. The zero-order valence-corrected chi connectivity index (χ0v) is 19.1. The second-order valence-electron chi connectivity index (χ2n) is 8.97. The summed E-state index contributed by atoms with van der Waals surface area (Å²) < 4.78 is 7.35. The summed E-state index contributed by atoms with van der Waals surface area (Å²) in [7, 11) is 1.69. The molecule has 164 valence electrons. The number of nitrogens with zero attached hydrogens (tertiary/aromatic N) is 5. The third-order valence-electron chi connectivity index (χ3n) is 5.91. The van der Waals surface area contributed by atoms with Gasteiger partial charge in [-0.15, -0.1) is 0 Å². The summed E-state index contributed by atoms with van der Waals surface area (Å²) in [5.74, 6) is 0.886. The van der Waals surface area contributed by atoms with Crippen LogP contribution in [0.3, 0.4) is 0 Å². The van der Waals surface area contributed by atoms with E-state index in [4.69, 9.17) is 9.84 Å². The second kappa shape index (κ2) is 8.21. The van der Waals surface area contributed by atoms with Gasteiger partial charge < -0.3 is 14.5 Å². The normalized spacial score (nSPS) is 14.9. The molecule has 3 aromatic rings. The van der Waals surface area contributed by atoms with Crippen LogP contribution in [0.15, 0.2) is 36.5 Å². The molecule has 2 aromatic heterocycles. The molecule has 0 atom stereocenters. The van der Waals surface area contributed by atoms with Crippen molar-refractivity contribution >= 4 is 17.2 Å². The van der Waals surface area contributed by atoms with Crippen molar-refractivity contribution in [3.8, 4) is 5.75 Å². The fraction of sp³-hybridized carbons (Fsp3) is 0.458. The van der Waals surface area contributed by atoms with Crippen molar-refractivity contribution in [1.29, 1.82) is 0 Å². The predicted octanol–water partition coefficient (Wildman–Crippen LogP) is 3.56. The number of piperazine rings is 1. The van der Waals surface area contributed by atoms with Crippen LogP contribution in [0.2, 0.25) is 0 Å². The van der Waals surface area contributed by atoms with Gasteiger partial charge in [-0.25, -0.2) is 9.50 Å². The Labute approximate surface area is 183 Å². The van der Waals surface area contributed by atoms with Gasteiger partial charge in [0.1, 0.15) is 5.75 Å². The monoisotopic (exact) mass is 421 g/mol. The zero-order chi connectivity index (χ0) is 22.2. The Morgan fingerprint density at radius 2 is 1.84 bits per heavy atom. The predicted molar refractivity (Wildman–Crippen MR) is 122 cm³/mol. The molecule has 0 spiro atoms. The van der Waals surface area contributed by atoms with Crippen molar-refractivity contribution in [3.63, 3.8) is 0 Å². The zero-order valence-electron chi connectivity index (χ0n) is 19.1. The fourth-order valence-electron chi connectivity index (χ4n) is 4.08. The first kappa shape index (κ1) is 21.2. The third kappa shape index (κ3) is 3.96. The van der Waals surface area contributed by atoms with Crippen LogP contribution in [0.5, 0.6) is 5.75 Å². The van der Waals surface area contributed by atoms with Gasteiger partial charge in [-0.1, -0.05) is 39.8 Å². The summed E-state index contributed by atoms with van der Waals surface area (Å²) in [6.45, 7) is 11.3. The van der Waals surface area contributed by atoms with Gasteiger partial charge in [0.25, 0.3) is 5.91 Å². The molecule has 1 fully saturated rings. The van der Waals surface area contributed by atoms with Crippen LogP contribution in [-0.2, 0) is 11.8 Å². The fourth-order valence-corrected chi connectivity index (χ4v) is 4.08. The van der Waals surface area contributed by atoms with E-state index in [0.717, 1.165) is 41.6 Å². The number of methoxy groups -OCH3 is 1. The molecule has 1 amide bonds. The number of carbonyl (C=O) groups excluding carboxylic acids is 1.